The second-order valence-corrected chi connectivity index (χ2v) is 5.87. The molecule has 0 spiro atoms. The van der Waals surface area contributed by atoms with Gasteiger partial charge in [-0.3, -0.25) is 4.79 Å². The number of hydrogen-bond donors (Lipinski definition) is 2. The fraction of sp³-hybridized carbons (Fsp3) is 0.333. The summed E-state index contributed by atoms with van der Waals surface area (Å²) >= 11 is 1.58. The van der Waals surface area contributed by atoms with Gasteiger partial charge in [0.1, 0.15) is 5.01 Å². The lowest BCUT2D eigenvalue weighted by Gasteiger charge is -2.20. The molecular weight excluding hydrogens is 270 g/mol. The van der Waals surface area contributed by atoms with Gasteiger partial charge >= 0.3 is 0 Å². The summed E-state index contributed by atoms with van der Waals surface area (Å²) in [4.78, 5) is 16.7. The molecule has 0 bridgehead atoms. The molecule has 1 aliphatic rings. The number of carbonyl (C=O) groups is 1. The van der Waals surface area contributed by atoms with Crippen LogP contribution in [0.4, 0.5) is 5.69 Å². The van der Waals surface area contributed by atoms with Crippen molar-refractivity contribution in [1.82, 2.24) is 10.3 Å². The standard InChI is InChI=1S/C15H17N3OS/c1-10-9-20-14(18-10)8-17-15(19)12-4-2-6-13-11(12)5-3-7-16-13/h2,4,6,9,16H,3,5,7-8H2,1H3,(H,17,19). The van der Waals surface area contributed by atoms with E-state index in [1.807, 2.05) is 30.5 Å². The molecule has 3 rings (SSSR count). The number of amides is 1. The first-order chi connectivity index (χ1) is 9.74. The highest BCUT2D eigenvalue weighted by Crippen LogP contribution is 2.25. The van der Waals surface area contributed by atoms with Crippen LogP contribution in [0.2, 0.25) is 0 Å². The normalized spacial score (nSPS) is 13.4. The molecule has 1 aromatic heterocycles. The first-order valence-electron chi connectivity index (χ1n) is 6.79. The van der Waals surface area contributed by atoms with Crippen molar-refractivity contribution >= 4 is 22.9 Å². The van der Waals surface area contributed by atoms with E-state index >= 15 is 0 Å². The van der Waals surface area contributed by atoms with Crippen molar-refractivity contribution in [3.63, 3.8) is 0 Å². The molecule has 104 valence electrons. The van der Waals surface area contributed by atoms with Gasteiger partial charge in [0.25, 0.3) is 5.91 Å². The lowest BCUT2D eigenvalue weighted by Crippen LogP contribution is -2.25. The van der Waals surface area contributed by atoms with Crippen LogP contribution < -0.4 is 10.6 Å². The van der Waals surface area contributed by atoms with Crippen LogP contribution >= 0.6 is 11.3 Å². The van der Waals surface area contributed by atoms with Gasteiger partial charge in [-0.05, 0) is 37.5 Å². The molecule has 0 saturated carbocycles. The van der Waals surface area contributed by atoms with Crippen molar-refractivity contribution in [3.8, 4) is 0 Å². The summed E-state index contributed by atoms with van der Waals surface area (Å²) in [5.74, 6) is -0.0154. The van der Waals surface area contributed by atoms with Gasteiger partial charge in [0.2, 0.25) is 0 Å². The van der Waals surface area contributed by atoms with Gasteiger partial charge in [-0.1, -0.05) is 6.07 Å². The Balaban J connectivity index is 1.74. The molecule has 20 heavy (non-hydrogen) atoms. The molecule has 0 radical (unpaired) electrons. The molecule has 0 fully saturated rings. The molecule has 5 heteroatoms. The molecule has 2 aromatic rings. The van der Waals surface area contributed by atoms with Crippen LogP contribution in [-0.4, -0.2) is 17.4 Å². The van der Waals surface area contributed by atoms with Crippen molar-refractivity contribution in [1.29, 1.82) is 0 Å². The van der Waals surface area contributed by atoms with E-state index in [2.05, 4.69) is 15.6 Å². The zero-order valence-electron chi connectivity index (χ0n) is 11.4. The Morgan fingerprint density at radius 2 is 2.40 bits per heavy atom. The number of anilines is 1. The lowest BCUT2D eigenvalue weighted by atomic mass is 9.97. The summed E-state index contributed by atoms with van der Waals surface area (Å²) in [5, 5.41) is 9.24. The topological polar surface area (TPSA) is 54.0 Å². The van der Waals surface area contributed by atoms with E-state index in [-0.39, 0.29) is 5.91 Å². The minimum absolute atomic E-state index is 0.0154. The quantitative estimate of drug-likeness (QED) is 0.912. The van der Waals surface area contributed by atoms with Gasteiger partial charge in [-0.15, -0.1) is 11.3 Å². The molecule has 1 aliphatic heterocycles. The minimum atomic E-state index is -0.0154. The molecular formula is C15H17N3OS. The fourth-order valence-electron chi connectivity index (χ4n) is 2.46. The summed E-state index contributed by atoms with van der Waals surface area (Å²) in [5.41, 5.74) is 4.00. The summed E-state index contributed by atoms with van der Waals surface area (Å²) < 4.78 is 0. The Kier molecular flexibility index (Phi) is 3.69. The van der Waals surface area contributed by atoms with Crippen LogP contribution in [0, 0.1) is 6.92 Å². The molecule has 0 unspecified atom stereocenters. The number of aromatic nitrogens is 1. The molecule has 0 aliphatic carbocycles. The predicted molar refractivity (Wildman–Crippen MR) is 81.3 cm³/mol. The van der Waals surface area contributed by atoms with Gasteiger partial charge in [-0.2, -0.15) is 0 Å². The number of nitrogens with one attached hydrogen (secondary N) is 2. The Morgan fingerprint density at radius 3 is 3.20 bits per heavy atom. The number of benzene rings is 1. The van der Waals surface area contributed by atoms with Gasteiger partial charge < -0.3 is 10.6 Å². The third kappa shape index (κ3) is 2.67. The summed E-state index contributed by atoms with van der Waals surface area (Å²) in [6, 6.07) is 5.86. The smallest absolute Gasteiger partial charge is 0.251 e. The van der Waals surface area contributed by atoms with Gasteiger partial charge in [-0.25, -0.2) is 4.98 Å². The Labute approximate surface area is 122 Å². The SMILES string of the molecule is Cc1csc(CNC(=O)c2cccc3c2CCCN3)n1. The summed E-state index contributed by atoms with van der Waals surface area (Å²) in [6.07, 6.45) is 2.03. The molecule has 2 heterocycles. The van der Waals surface area contributed by atoms with Crippen LogP contribution in [0.1, 0.15) is 33.0 Å². The molecule has 1 aromatic carbocycles. The summed E-state index contributed by atoms with van der Waals surface area (Å²) in [7, 11) is 0. The van der Waals surface area contributed by atoms with E-state index in [1.54, 1.807) is 11.3 Å². The monoisotopic (exact) mass is 287 g/mol. The maximum atomic E-state index is 12.3. The Bertz CT molecular complexity index is 636. The average molecular weight is 287 g/mol. The highest BCUT2D eigenvalue weighted by molar-refractivity contribution is 7.09. The van der Waals surface area contributed by atoms with Crippen LogP contribution in [0.3, 0.4) is 0 Å². The molecule has 1 amide bonds. The van der Waals surface area contributed by atoms with E-state index in [1.165, 1.54) is 0 Å². The van der Waals surface area contributed by atoms with Crippen molar-refractivity contribution < 1.29 is 4.79 Å². The third-order valence-corrected chi connectivity index (χ3v) is 4.37. The van der Waals surface area contributed by atoms with E-state index < -0.39 is 0 Å². The number of rotatable bonds is 3. The molecule has 2 N–H and O–H groups in total. The zero-order valence-corrected chi connectivity index (χ0v) is 12.2. The maximum absolute atomic E-state index is 12.3. The number of fused-ring (bicyclic) bond motifs is 1. The molecule has 4 nitrogen and oxygen atoms in total. The number of hydrogen-bond acceptors (Lipinski definition) is 4. The fourth-order valence-corrected chi connectivity index (χ4v) is 3.17. The van der Waals surface area contributed by atoms with Gasteiger partial charge in [0, 0.05) is 28.9 Å². The maximum Gasteiger partial charge on any atom is 0.251 e. The molecule has 0 saturated heterocycles. The highest BCUT2D eigenvalue weighted by atomic mass is 32.1. The number of carbonyl (C=O) groups excluding carboxylic acids is 1. The van der Waals surface area contributed by atoms with Crippen LogP contribution in [0.5, 0.6) is 0 Å². The summed E-state index contributed by atoms with van der Waals surface area (Å²) in [6.45, 7) is 3.44. The average Bonchev–Trinajstić information content (AvgIpc) is 2.90. The highest BCUT2D eigenvalue weighted by Gasteiger charge is 2.17. The minimum Gasteiger partial charge on any atom is -0.385 e. The first-order valence-corrected chi connectivity index (χ1v) is 7.67. The first kappa shape index (κ1) is 13.1. The number of nitrogens with zero attached hydrogens (tertiary/aromatic N) is 1. The second kappa shape index (κ2) is 5.63. The van der Waals surface area contributed by atoms with Gasteiger partial charge in [0.05, 0.1) is 6.54 Å². The zero-order chi connectivity index (χ0) is 13.9. The van der Waals surface area contributed by atoms with Crippen molar-refractivity contribution in [2.75, 3.05) is 11.9 Å². The number of aryl methyl sites for hydroxylation is 1. The Morgan fingerprint density at radius 1 is 1.50 bits per heavy atom. The lowest BCUT2D eigenvalue weighted by molar-refractivity contribution is 0.0950. The van der Waals surface area contributed by atoms with E-state index in [0.717, 1.165) is 46.9 Å². The van der Waals surface area contributed by atoms with Crippen LogP contribution in [0.15, 0.2) is 23.6 Å². The van der Waals surface area contributed by atoms with E-state index in [0.29, 0.717) is 6.54 Å². The molecule has 0 atom stereocenters. The van der Waals surface area contributed by atoms with E-state index in [4.69, 9.17) is 0 Å². The predicted octanol–water partition coefficient (Wildman–Crippen LogP) is 2.74. The van der Waals surface area contributed by atoms with Crippen molar-refractivity contribution in [3.05, 3.63) is 45.4 Å². The van der Waals surface area contributed by atoms with Crippen molar-refractivity contribution in [2.45, 2.75) is 26.3 Å². The van der Waals surface area contributed by atoms with Crippen LogP contribution in [-0.2, 0) is 13.0 Å². The largest absolute Gasteiger partial charge is 0.385 e. The van der Waals surface area contributed by atoms with E-state index in [9.17, 15) is 4.79 Å². The second-order valence-electron chi connectivity index (χ2n) is 4.93. The van der Waals surface area contributed by atoms with Crippen molar-refractivity contribution in [2.24, 2.45) is 0 Å². The Hall–Kier alpha value is -1.88. The number of thiazole rings is 1. The van der Waals surface area contributed by atoms with Crippen LogP contribution in [0.25, 0.3) is 0 Å². The third-order valence-electron chi connectivity index (χ3n) is 3.41. The van der Waals surface area contributed by atoms with Gasteiger partial charge in [0.15, 0.2) is 0 Å².